The van der Waals surface area contributed by atoms with E-state index in [0.29, 0.717) is 5.75 Å². The monoisotopic (exact) mass is 454 g/mol. The Kier molecular flexibility index (Phi) is 8.20. The van der Waals surface area contributed by atoms with Gasteiger partial charge in [0.15, 0.2) is 0 Å². The van der Waals surface area contributed by atoms with Gasteiger partial charge in [-0.25, -0.2) is 18.7 Å². The molecular weight excluding hydrogens is 432 g/mol. The Morgan fingerprint density at radius 3 is 2.48 bits per heavy atom. The number of benzene rings is 1. The molecule has 31 heavy (non-hydrogen) atoms. The summed E-state index contributed by atoms with van der Waals surface area (Å²) >= 11 is 0. The van der Waals surface area contributed by atoms with Gasteiger partial charge in [0.2, 0.25) is 15.9 Å². The molecule has 1 heterocycles. The van der Waals surface area contributed by atoms with E-state index in [2.05, 4.69) is 11.8 Å². The highest BCUT2D eigenvalue weighted by Gasteiger charge is 2.41. The lowest BCUT2D eigenvalue weighted by molar-refractivity contribution is -0.139. The molecule has 0 radical (unpaired) electrons. The number of carbonyl (C=O) groups excluding carboxylic acids is 2. The molecule has 12 nitrogen and oxygen atoms in total. The highest BCUT2D eigenvalue weighted by molar-refractivity contribution is 7.89. The van der Waals surface area contributed by atoms with Crippen LogP contribution >= 0.6 is 0 Å². The average Bonchev–Trinajstić information content (AvgIpc) is 2.77. The van der Waals surface area contributed by atoms with Crippen molar-refractivity contribution in [3.8, 4) is 17.6 Å². The number of carboxylic acid groups (broad SMARTS) is 1. The summed E-state index contributed by atoms with van der Waals surface area (Å²) in [6, 6.07) is 4.11. The van der Waals surface area contributed by atoms with Crippen molar-refractivity contribution in [1.29, 1.82) is 0 Å². The summed E-state index contributed by atoms with van der Waals surface area (Å²) in [5.74, 6) is 4.13. The quantitative estimate of drug-likeness (QED) is 0.233. The van der Waals surface area contributed by atoms with Crippen molar-refractivity contribution >= 4 is 27.9 Å². The Hall–Kier alpha value is -3.34. The molecule has 1 aromatic rings. The van der Waals surface area contributed by atoms with Gasteiger partial charge in [0.1, 0.15) is 24.9 Å². The third kappa shape index (κ3) is 6.07. The maximum absolute atomic E-state index is 13.1. The van der Waals surface area contributed by atoms with Crippen LogP contribution in [0, 0.1) is 11.8 Å². The molecule has 2 rings (SSSR count). The van der Waals surface area contributed by atoms with E-state index in [0.717, 1.165) is 9.21 Å². The maximum Gasteiger partial charge on any atom is 0.405 e. The summed E-state index contributed by atoms with van der Waals surface area (Å²) < 4.78 is 32.4. The van der Waals surface area contributed by atoms with Gasteiger partial charge in [0.25, 0.3) is 5.91 Å². The third-order valence-electron chi connectivity index (χ3n) is 4.41. The van der Waals surface area contributed by atoms with Crippen LogP contribution in [0.4, 0.5) is 4.79 Å². The zero-order valence-electron chi connectivity index (χ0n) is 16.6. The van der Waals surface area contributed by atoms with E-state index in [4.69, 9.17) is 15.1 Å². The van der Waals surface area contributed by atoms with E-state index in [1.807, 2.05) is 5.32 Å². The second-order valence-corrected chi connectivity index (χ2v) is 8.18. The SMILES string of the molecule is CC#CCOc1ccc(S(=O)(=O)N2CCN(C(=O)CNC(=O)O)CC2C(=O)NO)cc1. The minimum atomic E-state index is -4.15. The number of ether oxygens (including phenoxy) is 1. The van der Waals surface area contributed by atoms with Crippen LogP contribution < -0.4 is 15.5 Å². The minimum Gasteiger partial charge on any atom is -0.481 e. The highest BCUT2D eigenvalue weighted by atomic mass is 32.2. The molecule has 0 spiro atoms. The van der Waals surface area contributed by atoms with Gasteiger partial charge in [0.05, 0.1) is 4.90 Å². The number of sulfonamides is 1. The van der Waals surface area contributed by atoms with Crippen LogP contribution in [-0.2, 0) is 19.6 Å². The first-order valence-corrected chi connectivity index (χ1v) is 10.5. The average molecular weight is 454 g/mol. The van der Waals surface area contributed by atoms with Gasteiger partial charge in [0, 0.05) is 19.6 Å². The van der Waals surface area contributed by atoms with Crippen LogP contribution in [0.1, 0.15) is 6.92 Å². The Balaban J connectivity index is 2.20. The molecule has 3 amide bonds. The molecule has 13 heteroatoms. The maximum atomic E-state index is 13.1. The molecule has 0 bridgehead atoms. The summed E-state index contributed by atoms with van der Waals surface area (Å²) in [4.78, 5) is 35.9. The standard InChI is InChI=1S/C18H22N4O8S/c1-2-3-10-30-13-4-6-14(7-5-13)31(28,29)22-9-8-21(12-15(22)17(24)20-27)16(23)11-19-18(25)26/h4-7,15,19,27H,8-12H2,1H3,(H,20,24)(H,25,26). The molecular formula is C18H22N4O8S. The van der Waals surface area contributed by atoms with E-state index >= 15 is 0 Å². The Morgan fingerprint density at radius 2 is 1.90 bits per heavy atom. The second-order valence-electron chi connectivity index (χ2n) is 6.29. The van der Waals surface area contributed by atoms with Crippen molar-refractivity contribution in [2.75, 3.05) is 32.8 Å². The molecule has 1 saturated heterocycles. The zero-order valence-corrected chi connectivity index (χ0v) is 17.4. The first kappa shape index (κ1) is 23.9. The number of rotatable bonds is 7. The smallest absolute Gasteiger partial charge is 0.405 e. The van der Waals surface area contributed by atoms with E-state index in [-0.39, 0.29) is 31.1 Å². The van der Waals surface area contributed by atoms with Gasteiger partial charge in [-0.2, -0.15) is 4.31 Å². The van der Waals surface area contributed by atoms with Gasteiger partial charge < -0.3 is 20.1 Å². The Bertz CT molecular complexity index is 984. The number of carbonyl (C=O) groups is 3. The molecule has 168 valence electrons. The number of nitrogens with one attached hydrogen (secondary N) is 2. The largest absolute Gasteiger partial charge is 0.481 e. The normalized spacial score (nSPS) is 16.6. The molecule has 1 fully saturated rings. The van der Waals surface area contributed by atoms with Gasteiger partial charge in [-0.15, -0.1) is 5.92 Å². The number of hydrogen-bond acceptors (Lipinski definition) is 7. The van der Waals surface area contributed by atoms with Crippen molar-refractivity contribution in [3.63, 3.8) is 0 Å². The van der Waals surface area contributed by atoms with Crippen LogP contribution in [0.25, 0.3) is 0 Å². The number of hydrogen-bond donors (Lipinski definition) is 4. The van der Waals surface area contributed by atoms with Crippen LogP contribution in [0.15, 0.2) is 29.2 Å². The summed E-state index contributed by atoms with van der Waals surface area (Å²) in [5.41, 5.74) is 1.41. The van der Waals surface area contributed by atoms with Gasteiger partial charge >= 0.3 is 6.09 Å². The molecule has 1 unspecified atom stereocenters. The zero-order chi connectivity index (χ0) is 23.0. The van der Waals surface area contributed by atoms with E-state index < -0.39 is 40.5 Å². The molecule has 1 aliphatic rings. The fourth-order valence-corrected chi connectivity index (χ4v) is 4.44. The minimum absolute atomic E-state index is 0.0640. The number of amides is 3. The number of piperazine rings is 1. The molecule has 1 aromatic carbocycles. The van der Waals surface area contributed by atoms with Crippen molar-refractivity contribution in [2.45, 2.75) is 17.9 Å². The van der Waals surface area contributed by atoms with E-state index in [1.165, 1.54) is 29.7 Å². The predicted octanol–water partition coefficient (Wildman–Crippen LogP) is -0.937. The van der Waals surface area contributed by atoms with Crippen LogP contribution in [0.2, 0.25) is 0 Å². The molecule has 0 aliphatic carbocycles. The van der Waals surface area contributed by atoms with E-state index in [9.17, 15) is 22.8 Å². The van der Waals surface area contributed by atoms with Crippen molar-refractivity contribution in [3.05, 3.63) is 24.3 Å². The van der Waals surface area contributed by atoms with Crippen LogP contribution in [0.5, 0.6) is 5.75 Å². The molecule has 0 saturated carbocycles. The summed E-state index contributed by atoms with van der Waals surface area (Å²) in [5, 5.41) is 19.6. The topological polar surface area (TPSA) is 166 Å². The lowest BCUT2D eigenvalue weighted by atomic mass is 10.2. The number of hydroxylamine groups is 1. The third-order valence-corrected chi connectivity index (χ3v) is 6.33. The van der Waals surface area contributed by atoms with Crippen molar-refractivity contribution in [2.24, 2.45) is 0 Å². The fourth-order valence-electron chi connectivity index (χ4n) is 2.87. The van der Waals surface area contributed by atoms with Crippen LogP contribution in [-0.4, -0.2) is 84.7 Å². The lowest BCUT2D eigenvalue weighted by Gasteiger charge is -2.39. The van der Waals surface area contributed by atoms with Crippen molar-refractivity contribution in [1.82, 2.24) is 20.0 Å². The number of nitrogens with zero attached hydrogens (tertiary/aromatic N) is 2. The first-order valence-electron chi connectivity index (χ1n) is 9.03. The predicted molar refractivity (Wildman–Crippen MR) is 106 cm³/mol. The Labute approximate surface area is 178 Å². The summed E-state index contributed by atoms with van der Waals surface area (Å²) in [6.45, 7) is 0.624. The molecule has 1 atom stereocenters. The van der Waals surface area contributed by atoms with E-state index in [1.54, 1.807) is 6.92 Å². The first-order chi connectivity index (χ1) is 14.7. The summed E-state index contributed by atoms with van der Waals surface area (Å²) in [7, 11) is -4.15. The van der Waals surface area contributed by atoms with Gasteiger partial charge in [-0.05, 0) is 31.2 Å². The second kappa shape index (κ2) is 10.6. The van der Waals surface area contributed by atoms with Crippen molar-refractivity contribution < 1.29 is 37.9 Å². The fraction of sp³-hybridized carbons (Fsp3) is 0.389. The van der Waals surface area contributed by atoms with Gasteiger partial charge in [-0.3, -0.25) is 14.8 Å². The highest BCUT2D eigenvalue weighted by Crippen LogP contribution is 2.24. The van der Waals surface area contributed by atoms with Crippen LogP contribution in [0.3, 0.4) is 0 Å². The summed E-state index contributed by atoms with van der Waals surface area (Å²) in [6.07, 6.45) is -1.40. The molecule has 0 aromatic heterocycles. The van der Waals surface area contributed by atoms with Gasteiger partial charge in [-0.1, -0.05) is 5.92 Å². The molecule has 1 aliphatic heterocycles. The lowest BCUT2D eigenvalue weighted by Crippen LogP contribution is -2.61. The molecule has 4 N–H and O–H groups in total. The Morgan fingerprint density at radius 1 is 1.23 bits per heavy atom.